The van der Waals surface area contributed by atoms with Crippen molar-refractivity contribution in [2.75, 3.05) is 10.6 Å². The van der Waals surface area contributed by atoms with E-state index in [1.54, 1.807) is 0 Å². The molecule has 4 aromatic carbocycles. The number of anilines is 2. The Hall–Kier alpha value is -3.92. The lowest BCUT2D eigenvalue weighted by atomic mass is 10.0. The molecule has 2 amide bonds. The third-order valence-electron chi connectivity index (χ3n) is 4.67. The summed E-state index contributed by atoms with van der Waals surface area (Å²) in [6.07, 6.45) is 0. The average Bonchev–Trinajstić information content (AvgIpc) is 2.73. The zero-order valence-corrected chi connectivity index (χ0v) is 16.0. The second-order valence-electron chi connectivity index (χ2n) is 6.86. The maximum Gasteiger partial charge on any atom is 0.255 e. The standard InChI is InChI=1S/C25H20N2O2/c1-17(28)26-24-8-4-7-21(16-24)19-11-13-23(14-12-19)27-25(29)22-10-9-18-5-2-3-6-20(18)15-22/h2-16H,1H3,(H,26,28)(H,27,29). The van der Waals surface area contributed by atoms with E-state index in [-0.39, 0.29) is 11.8 Å². The molecule has 142 valence electrons. The molecule has 0 aromatic heterocycles. The van der Waals surface area contributed by atoms with Crippen molar-refractivity contribution >= 4 is 34.0 Å². The van der Waals surface area contributed by atoms with Crippen LogP contribution in [0.5, 0.6) is 0 Å². The number of carbonyl (C=O) groups is 2. The van der Waals surface area contributed by atoms with Crippen LogP contribution in [0.15, 0.2) is 91.0 Å². The van der Waals surface area contributed by atoms with Crippen LogP contribution >= 0.6 is 0 Å². The molecule has 4 rings (SSSR count). The number of amides is 2. The van der Waals surface area contributed by atoms with Crippen molar-refractivity contribution in [2.24, 2.45) is 0 Å². The minimum Gasteiger partial charge on any atom is -0.326 e. The van der Waals surface area contributed by atoms with E-state index >= 15 is 0 Å². The van der Waals surface area contributed by atoms with Gasteiger partial charge < -0.3 is 10.6 Å². The summed E-state index contributed by atoms with van der Waals surface area (Å²) in [6.45, 7) is 1.49. The third kappa shape index (κ3) is 4.33. The summed E-state index contributed by atoms with van der Waals surface area (Å²) in [6, 6.07) is 28.9. The Morgan fingerprint density at radius 1 is 0.621 bits per heavy atom. The molecule has 0 saturated carbocycles. The highest BCUT2D eigenvalue weighted by Crippen LogP contribution is 2.25. The van der Waals surface area contributed by atoms with Gasteiger partial charge in [-0.25, -0.2) is 0 Å². The first-order chi connectivity index (χ1) is 14.1. The maximum absolute atomic E-state index is 12.6. The summed E-state index contributed by atoms with van der Waals surface area (Å²) in [5.74, 6) is -0.245. The first kappa shape index (κ1) is 18.4. The Bertz CT molecular complexity index is 1200. The minimum atomic E-state index is -0.142. The summed E-state index contributed by atoms with van der Waals surface area (Å²) in [4.78, 5) is 23.9. The molecule has 4 aromatic rings. The summed E-state index contributed by atoms with van der Waals surface area (Å²) >= 11 is 0. The van der Waals surface area contributed by atoms with Gasteiger partial charge in [0.15, 0.2) is 0 Å². The van der Waals surface area contributed by atoms with Crippen LogP contribution in [0.3, 0.4) is 0 Å². The number of carbonyl (C=O) groups excluding carboxylic acids is 2. The van der Waals surface area contributed by atoms with Gasteiger partial charge in [-0.2, -0.15) is 0 Å². The normalized spacial score (nSPS) is 10.5. The molecule has 0 atom stereocenters. The molecule has 2 N–H and O–H groups in total. The zero-order valence-electron chi connectivity index (χ0n) is 16.0. The summed E-state index contributed by atoms with van der Waals surface area (Å²) < 4.78 is 0. The molecule has 0 aliphatic heterocycles. The first-order valence-corrected chi connectivity index (χ1v) is 9.37. The summed E-state index contributed by atoms with van der Waals surface area (Å²) in [5.41, 5.74) is 4.09. The van der Waals surface area contributed by atoms with Crippen molar-refractivity contribution in [1.29, 1.82) is 0 Å². The molecule has 0 radical (unpaired) electrons. The van der Waals surface area contributed by atoms with Gasteiger partial charge in [0.25, 0.3) is 5.91 Å². The molecule has 0 spiro atoms. The lowest BCUT2D eigenvalue weighted by molar-refractivity contribution is -0.114. The van der Waals surface area contributed by atoms with Gasteiger partial charge in [-0.05, 0) is 58.3 Å². The Morgan fingerprint density at radius 3 is 2.14 bits per heavy atom. The second kappa shape index (κ2) is 7.98. The smallest absolute Gasteiger partial charge is 0.255 e. The van der Waals surface area contributed by atoms with E-state index in [0.717, 1.165) is 33.3 Å². The van der Waals surface area contributed by atoms with Crippen molar-refractivity contribution in [3.8, 4) is 11.1 Å². The van der Waals surface area contributed by atoms with Gasteiger partial charge in [-0.1, -0.05) is 54.6 Å². The van der Waals surface area contributed by atoms with E-state index in [2.05, 4.69) is 10.6 Å². The molecular formula is C25H20N2O2. The van der Waals surface area contributed by atoms with Gasteiger partial charge in [0, 0.05) is 23.9 Å². The molecule has 0 unspecified atom stereocenters. The van der Waals surface area contributed by atoms with E-state index in [1.807, 2.05) is 91.0 Å². The Morgan fingerprint density at radius 2 is 1.38 bits per heavy atom. The fourth-order valence-corrected chi connectivity index (χ4v) is 3.26. The Labute approximate surface area is 169 Å². The molecule has 0 bridgehead atoms. The fourth-order valence-electron chi connectivity index (χ4n) is 3.26. The highest BCUT2D eigenvalue weighted by Gasteiger charge is 2.08. The van der Waals surface area contributed by atoms with Gasteiger partial charge in [0.2, 0.25) is 5.91 Å². The van der Waals surface area contributed by atoms with Gasteiger partial charge in [0.05, 0.1) is 0 Å². The molecule has 4 heteroatoms. The predicted molar refractivity (Wildman–Crippen MR) is 118 cm³/mol. The lowest BCUT2D eigenvalue weighted by Crippen LogP contribution is -2.11. The quantitative estimate of drug-likeness (QED) is 0.476. The first-order valence-electron chi connectivity index (χ1n) is 9.37. The highest BCUT2D eigenvalue weighted by molar-refractivity contribution is 6.06. The van der Waals surface area contributed by atoms with Crippen molar-refractivity contribution in [2.45, 2.75) is 6.92 Å². The summed E-state index contributed by atoms with van der Waals surface area (Å²) in [7, 11) is 0. The van der Waals surface area contributed by atoms with Crippen LogP contribution in [0.25, 0.3) is 21.9 Å². The second-order valence-corrected chi connectivity index (χ2v) is 6.86. The zero-order chi connectivity index (χ0) is 20.2. The monoisotopic (exact) mass is 380 g/mol. The van der Waals surface area contributed by atoms with E-state index < -0.39 is 0 Å². The van der Waals surface area contributed by atoms with Crippen LogP contribution in [-0.2, 0) is 4.79 Å². The van der Waals surface area contributed by atoms with E-state index in [4.69, 9.17) is 0 Å². The number of hydrogen-bond acceptors (Lipinski definition) is 2. The molecule has 0 heterocycles. The topological polar surface area (TPSA) is 58.2 Å². The van der Waals surface area contributed by atoms with Crippen molar-refractivity contribution in [1.82, 2.24) is 0 Å². The Kier molecular flexibility index (Phi) is 5.08. The predicted octanol–water partition coefficient (Wildman–Crippen LogP) is 5.72. The molecular weight excluding hydrogens is 360 g/mol. The lowest BCUT2D eigenvalue weighted by Gasteiger charge is -2.09. The minimum absolute atomic E-state index is 0.103. The van der Waals surface area contributed by atoms with Crippen molar-refractivity contribution < 1.29 is 9.59 Å². The summed E-state index contributed by atoms with van der Waals surface area (Å²) in [5, 5.41) is 7.87. The molecule has 29 heavy (non-hydrogen) atoms. The van der Waals surface area contributed by atoms with Gasteiger partial charge in [-0.15, -0.1) is 0 Å². The molecule has 0 aliphatic carbocycles. The van der Waals surface area contributed by atoms with Crippen LogP contribution < -0.4 is 10.6 Å². The number of benzene rings is 4. The van der Waals surface area contributed by atoms with Crippen molar-refractivity contribution in [3.63, 3.8) is 0 Å². The largest absolute Gasteiger partial charge is 0.326 e. The van der Waals surface area contributed by atoms with Crippen LogP contribution in [0, 0.1) is 0 Å². The van der Waals surface area contributed by atoms with Crippen LogP contribution in [0.4, 0.5) is 11.4 Å². The molecule has 0 fully saturated rings. The maximum atomic E-state index is 12.6. The highest BCUT2D eigenvalue weighted by atomic mass is 16.2. The van der Waals surface area contributed by atoms with Gasteiger partial charge in [-0.3, -0.25) is 9.59 Å². The third-order valence-corrected chi connectivity index (χ3v) is 4.67. The van der Waals surface area contributed by atoms with Gasteiger partial charge >= 0.3 is 0 Å². The van der Waals surface area contributed by atoms with Gasteiger partial charge in [0.1, 0.15) is 0 Å². The van der Waals surface area contributed by atoms with Crippen LogP contribution in [0.1, 0.15) is 17.3 Å². The molecule has 4 nitrogen and oxygen atoms in total. The van der Waals surface area contributed by atoms with Crippen LogP contribution in [-0.4, -0.2) is 11.8 Å². The number of rotatable bonds is 4. The van der Waals surface area contributed by atoms with Crippen molar-refractivity contribution in [3.05, 3.63) is 96.6 Å². The number of fused-ring (bicyclic) bond motifs is 1. The number of nitrogens with one attached hydrogen (secondary N) is 2. The number of hydrogen-bond donors (Lipinski definition) is 2. The van der Waals surface area contributed by atoms with E-state index in [1.165, 1.54) is 6.92 Å². The molecule has 0 saturated heterocycles. The van der Waals surface area contributed by atoms with E-state index in [9.17, 15) is 9.59 Å². The molecule has 0 aliphatic rings. The van der Waals surface area contributed by atoms with Crippen LogP contribution in [0.2, 0.25) is 0 Å². The fraction of sp³-hybridized carbons (Fsp3) is 0.0400. The van der Waals surface area contributed by atoms with E-state index in [0.29, 0.717) is 5.56 Å². The Balaban J connectivity index is 1.50. The SMILES string of the molecule is CC(=O)Nc1cccc(-c2ccc(NC(=O)c3ccc4ccccc4c3)cc2)c1. The average molecular weight is 380 g/mol.